The lowest BCUT2D eigenvalue weighted by molar-refractivity contribution is -0.133. The number of ether oxygens (including phenoxy) is 2. The minimum Gasteiger partial charge on any atom is -0.454 e. The maximum atomic E-state index is 13.7. The predicted octanol–water partition coefficient (Wildman–Crippen LogP) is 3.85. The fourth-order valence-electron chi connectivity index (χ4n) is 6.55. The molecule has 9 heteroatoms. The highest BCUT2D eigenvalue weighted by Crippen LogP contribution is 2.38. The molecule has 4 heterocycles. The summed E-state index contributed by atoms with van der Waals surface area (Å²) in [6.45, 7) is 4.28. The Labute approximate surface area is 230 Å². The number of amides is 2. The quantitative estimate of drug-likeness (QED) is 0.520. The van der Waals surface area contributed by atoms with Gasteiger partial charge in [-0.1, -0.05) is 12.8 Å². The Morgan fingerprint density at radius 1 is 1.03 bits per heavy atom. The van der Waals surface area contributed by atoms with Crippen molar-refractivity contribution in [1.82, 2.24) is 14.8 Å². The number of benzene rings is 1. The first-order valence-electron chi connectivity index (χ1n) is 14.8. The molecule has 1 N–H and O–H groups in total. The Balaban J connectivity index is 1.28. The van der Waals surface area contributed by atoms with Crippen LogP contribution in [0.15, 0.2) is 18.2 Å². The minimum atomic E-state index is -0.281. The van der Waals surface area contributed by atoms with Gasteiger partial charge in [0, 0.05) is 69.1 Å². The smallest absolute Gasteiger partial charge is 0.231 e. The fraction of sp³-hybridized carbons (Fsp3) is 0.633. The molecule has 1 saturated carbocycles. The molecule has 2 saturated heterocycles. The molecule has 1 aromatic heterocycles. The van der Waals surface area contributed by atoms with Crippen LogP contribution in [0.3, 0.4) is 0 Å². The summed E-state index contributed by atoms with van der Waals surface area (Å²) in [4.78, 5) is 37.1. The third kappa shape index (κ3) is 5.93. The lowest BCUT2D eigenvalue weighted by atomic mass is 10.0. The number of hydrogen-bond donors (Lipinski definition) is 1. The van der Waals surface area contributed by atoms with Crippen LogP contribution < -0.4 is 14.4 Å². The third-order valence-electron chi connectivity index (χ3n) is 8.81. The van der Waals surface area contributed by atoms with E-state index in [9.17, 15) is 14.7 Å². The molecular weight excluding hydrogens is 496 g/mol. The first-order valence-corrected chi connectivity index (χ1v) is 14.8. The number of piperidine rings is 1. The number of anilines is 1. The van der Waals surface area contributed by atoms with Crippen molar-refractivity contribution in [2.24, 2.45) is 5.92 Å². The van der Waals surface area contributed by atoms with Crippen LogP contribution >= 0.6 is 0 Å². The second kappa shape index (κ2) is 11.6. The zero-order chi connectivity index (χ0) is 26.8. The van der Waals surface area contributed by atoms with E-state index in [1.54, 1.807) is 0 Å². The van der Waals surface area contributed by atoms with E-state index in [-0.39, 0.29) is 24.7 Å². The zero-order valence-corrected chi connectivity index (χ0v) is 22.8. The molecule has 3 fully saturated rings. The summed E-state index contributed by atoms with van der Waals surface area (Å²) in [5, 5.41) is 11.1. The number of nitrogens with zero attached hydrogens (tertiary/aromatic N) is 4. The Hall–Kier alpha value is -3.07. The van der Waals surface area contributed by atoms with E-state index in [0.29, 0.717) is 62.7 Å². The highest BCUT2D eigenvalue weighted by molar-refractivity contribution is 5.86. The van der Waals surface area contributed by atoms with Gasteiger partial charge in [0.2, 0.25) is 18.6 Å². The van der Waals surface area contributed by atoms with Crippen molar-refractivity contribution in [2.75, 3.05) is 44.4 Å². The van der Waals surface area contributed by atoms with Gasteiger partial charge in [-0.25, -0.2) is 4.98 Å². The van der Waals surface area contributed by atoms with Crippen molar-refractivity contribution in [2.45, 2.75) is 76.9 Å². The molecule has 3 aliphatic heterocycles. The molecule has 0 radical (unpaired) electrons. The van der Waals surface area contributed by atoms with E-state index >= 15 is 0 Å². The third-order valence-corrected chi connectivity index (χ3v) is 8.81. The number of fused-ring (bicyclic) bond motifs is 2. The molecule has 2 aromatic rings. The van der Waals surface area contributed by atoms with E-state index in [4.69, 9.17) is 14.5 Å². The highest BCUT2D eigenvalue weighted by Gasteiger charge is 2.27. The topological polar surface area (TPSA) is 95.4 Å². The summed E-state index contributed by atoms with van der Waals surface area (Å²) in [6.07, 6.45) is 8.75. The largest absolute Gasteiger partial charge is 0.454 e. The summed E-state index contributed by atoms with van der Waals surface area (Å²) in [6, 6.07) is 6.05. The first-order chi connectivity index (χ1) is 19.0. The highest BCUT2D eigenvalue weighted by atomic mass is 16.7. The predicted molar refractivity (Wildman–Crippen MR) is 148 cm³/mol. The normalized spacial score (nSPS) is 20.0. The molecular formula is C30H40N4O5. The summed E-state index contributed by atoms with van der Waals surface area (Å²) in [5.41, 5.74) is 1.84. The number of carbonyl (C=O) groups is 2. The SMILES string of the molecule is O=C1CCCN1CCCN(Cc1cc2cc3c(cc2nc1N1CCC(O)CC1)OCO3)C(=O)CC1CCCC1. The van der Waals surface area contributed by atoms with Crippen LogP contribution in [0.25, 0.3) is 10.9 Å². The molecule has 0 spiro atoms. The number of aromatic nitrogens is 1. The van der Waals surface area contributed by atoms with Crippen LogP contribution in [0.4, 0.5) is 5.82 Å². The van der Waals surface area contributed by atoms with Gasteiger partial charge in [-0.3, -0.25) is 9.59 Å². The lowest BCUT2D eigenvalue weighted by Crippen LogP contribution is -2.38. The van der Waals surface area contributed by atoms with Gasteiger partial charge in [-0.05, 0) is 56.6 Å². The van der Waals surface area contributed by atoms with E-state index in [1.165, 1.54) is 12.8 Å². The van der Waals surface area contributed by atoms with Crippen LogP contribution in [0.1, 0.15) is 69.8 Å². The maximum Gasteiger partial charge on any atom is 0.231 e. The fourth-order valence-corrected chi connectivity index (χ4v) is 6.55. The van der Waals surface area contributed by atoms with Crippen molar-refractivity contribution in [3.63, 3.8) is 0 Å². The summed E-state index contributed by atoms with van der Waals surface area (Å²) < 4.78 is 11.2. The van der Waals surface area contributed by atoms with Gasteiger partial charge < -0.3 is 29.3 Å². The number of likely N-dealkylation sites (tertiary alicyclic amines) is 1. The van der Waals surface area contributed by atoms with Gasteiger partial charge in [-0.15, -0.1) is 0 Å². The molecule has 4 aliphatic rings. The van der Waals surface area contributed by atoms with Crippen LogP contribution in [-0.2, 0) is 16.1 Å². The Morgan fingerprint density at radius 3 is 2.54 bits per heavy atom. The van der Waals surface area contributed by atoms with Gasteiger partial charge >= 0.3 is 0 Å². The van der Waals surface area contributed by atoms with Crippen molar-refractivity contribution in [1.29, 1.82) is 0 Å². The standard InChI is InChI=1S/C30H40N4O5/c35-24-8-13-33(14-9-24)30-23(16-22-17-26-27(39-20-38-26)18-25(22)31-30)19-34(29(37)15-21-5-1-2-6-21)12-4-11-32-10-3-7-28(32)36/h16-18,21,24,35H,1-15,19-20H2. The van der Waals surface area contributed by atoms with Crippen LogP contribution in [0.2, 0.25) is 0 Å². The average molecular weight is 537 g/mol. The minimum absolute atomic E-state index is 0.195. The lowest BCUT2D eigenvalue weighted by Gasteiger charge is -2.33. The van der Waals surface area contributed by atoms with E-state index in [1.807, 2.05) is 21.9 Å². The van der Waals surface area contributed by atoms with Gasteiger partial charge in [0.05, 0.1) is 11.6 Å². The van der Waals surface area contributed by atoms with Crippen molar-refractivity contribution >= 4 is 28.5 Å². The number of carbonyl (C=O) groups excluding carboxylic acids is 2. The van der Waals surface area contributed by atoms with E-state index < -0.39 is 0 Å². The van der Waals surface area contributed by atoms with Gasteiger partial charge in [0.25, 0.3) is 0 Å². The van der Waals surface area contributed by atoms with E-state index in [2.05, 4.69) is 11.0 Å². The van der Waals surface area contributed by atoms with Crippen LogP contribution in [-0.4, -0.2) is 77.3 Å². The van der Waals surface area contributed by atoms with Gasteiger partial charge in [-0.2, -0.15) is 0 Å². The van der Waals surface area contributed by atoms with Crippen LogP contribution in [0, 0.1) is 5.92 Å². The molecule has 1 aliphatic carbocycles. The van der Waals surface area contributed by atoms with Crippen molar-refractivity contribution in [3.05, 3.63) is 23.8 Å². The molecule has 0 bridgehead atoms. The molecule has 39 heavy (non-hydrogen) atoms. The van der Waals surface area contributed by atoms with Gasteiger partial charge in [0.15, 0.2) is 11.5 Å². The number of rotatable bonds is 9. The molecule has 0 unspecified atom stereocenters. The summed E-state index contributed by atoms with van der Waals surface area (Å²) in [5.74, 6) is 3.19. The monoisotopic (exact) mass is 536 g/mol. The molecule has 9 nitrogen and oxygen atoms in total. The molecule has 0 atom stereocenters. The molecule has 6 rings (SSSR count). The van der Waals surface area contributed by atoms with Crippen molar-refractivity contribution in [3.8, 4) is 11.5 Å². The molecule has 2 amide bonds. The average Bonchev–Trinajstić information content (AvgIpc) is 3.70. The number of hydrogen-bond acceptors (Lipinski definition) is 7. The zero-order valence-electron chi connectivity index (χ0n) is 22.8. The van der Waals surface area contributed by atoms with Crippen LogP contribution in [0.5, 0.6) is 11.5 Å². The Kier molecular flexibility index (Phi) is 7.77. The Bertz CT molecular complexity index is 1210. The Morgan fingerprint density at radius 2 is 1.79 bits per heavy atom. The summed E-state index contributed by atoms with van der Waals surface area (Å²) >= 11 is 0. The maximum absolute atomic E-state index is 13.7. The number of pyridine rings is 1. The van der Waals surface area contributed by atoms with Crippen molar-refractivity contribution < 1.29 is 24.2 Å². The molecule has 1 aromatic carbocycles. The second-order valence-electron chi connectivity index (χ2n) is 11.6. The number of aliphatic hydroxyl groups is 1. The van der Waals surface area contributed by atoms with Gasteiger partial charge in [0.1, 0.15) is 5.82 Å². The first kappa shape index (κ1) is 26.2. The van der Waals surface area contributed by atoms with E-state index in [0.717, 1.165) is 67.6 Å². The number of aliphatic hydroxyl groups excluding tert-OH is 1. The second-order valence-corrected chi connectivity index (χ2v) is 11.6. The summed E-state index contributed by atoms with van der Waals surface area (Å²) in [7, 11) is 0. The molecule has 210 valence electrons.